The molecule has 2 unspecified atom stereocenters. The maximum absolute atomic E-state index is 12.0. The lowest BCUT2D eigenvalue weighted by Crippen LogP contribution is -2.45. The summed E-state index contributed by atoms with van der Waals surface area (Å²) in [7, 11) is 0. The van der Waals surface area contributed by atoms with Crippen molar-refractivity contribution in [1.82, 2.24) is 20.9 Å². The first-order valence-corrected chi connectivity index (χ1v) is 10.0. The van der Waals surface area contributed by atoms with Crippen LogP contribution in [0.4, 0.5) is 4.79 Å². The second-order valence-corrected chi connectivity index (χ2v) is 8.04. The second-order valence-electron chi connectivity index (χ2n) is 8.04. The molecule has 0 aromatic carbocycles. The van der Waals surface area contributed by atoms with Crippen LogP contribution in [-0.2, 0) is 9.59 Å². The highest BCUT2D eigenvalue weighted by Gasteiger charge is 2.35. The Morgan fingerprint density at radius 1 is 1.04 bits per heavy atom. The fourth-order valence-electron chi connectivity index (χ4n) is 4.18. The van der Waals surface area contributed by atoms with Gasteiger partial charge < -0.3 is 20.9 Å². The van der Waals surface area contributed by atoms with Gasteiger partial charge in [0, 0.05) is 37.5 Å². The number of rotatable bonds is 6. The lowest BCUT2D eigenvalue weighted by molar-refractivity contribution is -0.128. The van der Waals surface area contributed by atoms with Gasteiger partial charge in [0.05, 0.1) is 12.6 Å². The summed E-state index contributed by atoms with van der Waals surface area (Å²) >= 11 is 0. The van der Waals surface area contributed by atoms with E-state index in [1.54, 1.807) is 4.90 Å². The molecule has 8 heteroatoms. The number of nitriles is 1. The summed E-state index contributed by atoms with van der Waals surface area (Å²) in [6.07, 6.45) is 6.11. The van der Waals surface area contributed by atoms with Crippen LogP contribution < -0.4 is 16.0 Å². The molecule has 2 aliphatic carbocycles. The highest BCUT2D eigenvalue weighted by atomic mass is 16.2. The minimum absolute atomic E-state index is 0.00855. The number of carbonyl (C=O) groups is 3. The highest BCUT2D eigenvalue weighted by Crippen LogP contribution is 2.33. The van der Waals surface area contributed by atoms with E-state index in [0.29, 0.717) is 25.3 Å². The summed E-state index contributed by atoms with van der Waals surface area (Å²) in [6, 6.07) is 2.13. The second kappa shape index (κ2) is 9.07. The van der Waals surface area contributed by atoms with Gasteiger partial charge in [-0.05, 0) is 50.9 Å². The minimum atomic E-state index is -0.163. The summed E-state index contributed by atoms with van der Waals surface area (Å²) in [5.74, 6) is 0.293. The number of nitrogens with zero attached hydrogens (tertiary/aromatic N) is 2. The van der Waals surface area contributed by atoms with Crippen LogP contribution in [0, 0.1) is 29.1 Å². The molecule has 3 aliphatic rings. The molecule has 0 aromatic heterocycles. The van der Waals surface area contributed by atoms with Crippen LogP contribution in [0.5, 0.6) is 0 Å². The number of hydrogen-bond acceptors (Lipinski definition) is 4. The predicted molar refractivity (Wildman–Crippen MR) is 98.3 cm³/mol. The molecule has 0 spiro atoms. The van der Waals surface area contributed by atoms with Crippen LogP contribution in [0.25, 0.3) is 0 Å². The van der Waals surface area contributed by atoms with Gasteiger partial charge in [0.25, 0.3) is 0 Å². The number of hydrogen-bond donors (Lipinski definition) is 3. The van der Waals surface area contributed by atoms with E-state index in [2.05, 4.69) is 22.0 Å². The molecule has 0 aromatic rings. The summed E-state index contributed by atoms with van der Waals surface area (Å²) < 4.78 is 0. The van der Waals surface area contributed by atoms with Crippen molar-refractivity contribution in [3.63, 3.8) is 0 Å². The third kappa shape index (κ3) is 5.34. The molecule has 0 radical (unpaired) electrons. The first kappa shape index (κ1) is 19.5. The molecule has 2 atom stereocenters. The molecule has 148 valence electrons. The van der Waals surface area contributed by atoms with E-state index in [1.807, 2.05) is 0 Å². The number of nitrogens with one attached hydrogen (secondary N) is 3. The molecule has 4 amide bonds. The van der Waals surface area contributed by atoms with Crippen LogP contribution in [0.1, 0.15) is 44.9 Å². The van der Waals surface area contributed by atoms with Crippen LogP contribution >= 0.6 is 0 Å². The molecule has 0 bridgehead atoms. The van der Waals surface area contributed by atoms with E-state index in [0.717, 1.165) is 45.2 Å². The Hall–Kier alpha value is -2.30. The molecule has 3 fully saturated rings. The van der Waals surface area contributed by atoms with Crippen molar-refractivity contribution in [2.24, 2.45) is 17.8 Å². The lowest BCUT2D eigenvalue weighted by atomic mass is 9.75. The van der Waals surface area contributed by atoms with Gasteiger partial charge in [-0.15, -0.1) is 0 Å². The summed E-state index contributed by atoms with van der Waals surface area (Å²) in [5, 5.41) is 17.4. The number of urea groups is 1. The highest BCUT2D eigenvalue weighted by molar-refractivity contribution is 5.84. The molecule has 2 saturated carbocycles. The van der Waals surface area contributed by atoms with Gasteiger partial charge >= 0.3 is 6.03 Å². The standard InChI is InChI=1S/C19H29N5O3/c20-10-14-7-15(8-14)18(26)21-11-13-3-4-16(9-13)23-17(25)12-22-19(27)24-5-1-2-6-24/h13-16H,1-9,11-12H2,(H,21,26)(H,22,27)(H,23,25). The van der Waals surface area contributed by atoms with Crippen molar-refractivity contribution in [3.8, 4) is 6.07 Å². The zero-order chi connectivity index (χ0) is 19.2. The maximum Gasteiger partial charge on any atom is 0.317 e. The molecule has 1 heterocycles. The van der Waals surface area contributed by atoms with Crippen molar-refractivity contribution in [3.05, 3.63) is 0 Å². The molecule has 3 N–H and O–H groups in total. The van der Waals surface area contributed by atoms with E-state index in [4.69, 9.17) is 5.26 Å². The molecule has 1 aliphatic heterocycles. The zero-order valence-corrected chi connectivity index (χ0v) is 15.7. The van der Waals surface area contributed by atoms with Crippen LogP contribution in [0.15, 0.2) is 0 Å². The monoisotopic (exact) mass is 375 g/mol. The van der Waals surface area contributed by atoms with Gasteiger partial charge in [-0.3, -0.25) is 9.59 Å². The fraction of sp³-hybridized carbons (Fsp3) is 0.789. The normalized spacial score (nSPS) is 29.5. The Morgan fingerprint density at radius 3 is 2.48 bits per heavy atom. The van der Waals surface area contributed by atoms with Crippen molar-refractivity contribution in [2.45, 2.75) is 51.0 Å². The largest absolute Gasteiger partial charge is 0.356 e. The molecule has 8 nitrogen and oxygen atoms in total. The lowest BCUT2D eigenvalue weighted by Gasteiger charge is -2.29. The Bertz CT molecular complexity index is 605. The molecule has 27 heavy (non-hydrogen) atoms. The minimum Gasteiger partial charge on any atom is -0.356 e. The molecular formula is C19H29N5O3. The van der Waals surface area contributed by atoms with Gasteiger partial charge in [0.1, 0.15) is 0 Å². The van der Waals surface area contributed by atoms with Gasteiger partial charge in [0.2, 0.25) is 11.8 Å². The van der Waals surface area contributed by atoms with Gasteiger partial charge in [0.15, 0.2) is 0 Å². The quantitative estimate of drug-likeness (QED) is 0.635. The summed E-state index contributed by atoms with van der Waals surface area (Å²) in [6.45, 7) is 2.17. The zero-order valence-electron chi connectivity index (χ0n) is 15.7. The summed E-state index contributed by atoms with van der Waals surface area (Å²) in [4.78, 5) is 37.7. The first-order chi connectivity index (χ1) is 13.0. The number of likely N-dealkylation sites (tertiary alicyclic amines) is 1. The van der Waals surface area contributed by atoms with Crippen molar-refractivity contribution >= 4 is 17.8 Å². The average Bonchev–Trinajstić information content (AvgIpc) is 3.29. The number of amides is 4. The average molecular weight is 375 g/mol. The number of carbonyl (C=O) groups excluding carboxylic acids is 3. The Labute approximate surface area is 160 Å². The van der Waals surface area contributed by atoms with E-state index in [-0.39, 0.29) is 42.3 Å². The molecule has 3 rings (SSSR count). The SMILES string of the molecule is N#CC1CC(C(=O)NCC2CCC(NC(=O)CNC(=O)N3CCCC3)C2)C1. The van der Waals surface area contributed by atoms with Gasteiger partial charge in [-0.1, -0.05) is 0 Å². The third-order valence-electron chi connectivity index (χ3n) is 5.96. The fourth-order valence-corrected chi connectivity index (χ4v) is 4.18. The van der Waals surface area contributed by atoms with E-state index in [1.165, 1.54) is 0 Å². The Kier molecular flexibility index (Phi) is 6.54. The van der Waals surface area contributed by atoms with E-state index in [9.17, 15) is 14.4 Å². The molecule has 1 saturated heterocycles. The van der Waals surface area contributed by atoms with E-state index < -0.39 is 0 Å². The Balaban J connectivity index is 1.28. The maximum atomic E-state index is 12.0. The van der Waals surface area contributed by atoms with Gasteiger partial charge in [-0.2, -0.15) is 5.26 Å². The summed E-state index contributed by atoms with van der Waals surface area (Å²) in [5.41, 5.74) is 0. The predicted octanol–water partition coefficient (Wildman–Crippen LogP) is 0.743. The molecular weight excluding hydrogens is 346 g/mol. The van der Waals surface area contributed by atoms with Crippen LogP contribution in [0.2, 0.25) is 0 Å². The first-order valence-electron chi connectivity index (χ1n) is 10.0. The van der Waals surface area contributed by atoms with Crippen molar-refractivity contribution < 1.29 is 14.4 Å². The smallest absolute Gasteiger partial charge is 0.317 e. The third-order valence-corrected chi connectivity index (χ3v) is 5.96. The van der Waals surface area contributed by atoms with Crippen LogP contribution in [0.3, 0.4) is 0 Å². The topological polar surface area (TPSA) is 114 Å². The van der Waals surface area contributed by atoms with Crippen molar-refractivity contribution in [2.75, 3.05) is 26.2 Å². The van der Waals surface area contributed by atoms with Crippen LogP contribution in [-0.4, -0.2) is 55.0 Å². The Morgan fingerprint density at radius 2 is 1.78 bits per heavy atom. The van der Waals surface area contributed by atoms with Crippen molar-refractivity contribution in [1.29, 1.82) is 5.26 Å². The van der Waals surface area contributed by atoms with E-state index >= 15 is 0 Å². The van der Waals surface area contributed by atoms with Gasteiger partial charge in [-0.25, -0.2) is 4.79 Å².